The van der Waals surface area contributed by atoms with E-state index in [0.29, 0.717) is 15.6 Å². The minimum absolute atomic E-state index is 0.128. The van der Waals surface area contributed by atoms with Crippen molar-refractivity contribution >= 4 is 29.2 Å². The van der Waals surface area contributed by atoms with Gasteiger partial charge in [0.1, 0.15) is 6.61 Å². The highest BCUT2D eigenvalue weighted by Crippen LogP contribution is 2.25. The van der Waals surface area contributed by atoms with Crippen LogP contribution >= 0.6 is 23.2 Å². The Balaban J connectivity index is 2.10. The van der Waals surface area contributed by atoms with Crippen LogP contribution in [0, 0.1) is 6.92 Å². The number of aryl methyl sites for hydroxylation is 1. The standard InChI is InChI=1S/C13H10Cl2O4/c1-7-4-11(19-12(7)13(16)17)18-6-8-2-3-9(14)5-10(8)15/h2-5H,6H2,1H3,(H,16,17). The summed E-state index contributed by atoms with van der Waals surface area (Å²) >= 11 is 11.8. The highest BCUT2D eigenvalue weighted by molar-refractivity contribution is 6.35. The normalized spacial score (nSPS) is 10.5. The minimum atomic E-state index is -1.13. The lowest BCUT2D eigenvalue weighted by Gasteiger charge is -2.05. The smallest absolute Gasteiger partial charge is 0.372 e. The molecule has 0 amide bonds. The Morgan fingerprint density at radius 3 is 2.68 bits per heavy atom. The van der Waals surface area contributed by atoms with Gasteiger partial charge in [0.15, 0.2) is 0 Å². The Labute approximate surface area is 119 Å². The zero-order valence-electron chi connectivity index (χ0n) is 9.94. The molecule has 0 spiro atoms. The average Bonchev–Trinajstić information content (AvgIpc) is 2.69. The number of carboxylic acids is 1. The van der Waals surface area contributed by atoms with Gasteiger partial charge in [-0.2, -0.15) is 0 Å². The molecule has 0 saturated carbocycles. The molecule has 4 nitrogen and oxygen atoms in total. The molecule has 0 bridgehead atoms. The Morgan fingerprint density at radius 2 is 2.11 bits per heavy atom. The van der Waals surface area contributed by atoms with Crippen LogP contribution < -0.4 is 4.74 Å². The minimum Gasteiger partial charge on any atom is -0.475 e. The van der Waals surface area contributed by atoms with Gasteiger partial charge in [-0.05, 0) is 19.1 Å². The molecule has 1 aromatic carbocycles. The van der Waals surface area contributed by atoms with Crippen molar-refractivity contribution in [1.82, 2.24) is 0 Å². The van der Waals surface area contributed by atoms with Crippen LogP contribution in [0.25, 0.3) is 0 Å². The summed E-state index contributed by atoms with van der Waals surface area (Å²) in [5.74, 6) is -1.12. The van der Waals surface area contributed by atoms with E-state index in [-0.39, 0.29) is 18.3 Å². The second kappa shape index (κ2) is 5.55. The van der Waals surface area contributed by atoms with Crippen LogP contribution in [-0.2, 0) is 6.61 Å². The Kier molecular flexibility index (Phi) is 4.02. The molecular formula is C13H10Cl2O4. The highest BCUT2D eigenvalue weighted by atomic mass is 35.5. The van der Waals surface area contributed by atoms with Crippen molar-refractivity contribution in [3.63, 3.8) is 0 Å². The molecule has 1 heterocycles. The molecule has 0 unspecified atom stereocenters. The first-order chi connectivity index (χ1) is 8.97. The maximum absolute atomic E-state index is 10.8. The summed E-state index contributed by atoms with van der Waals surface area (Å²) in [6.07, 6.45) is 0. The fourth-order valence-electron chi connectivity index (χ4n) is 1.52. The van der Waals surface area contributed by atoms with Crippen molar-refractivity contribution in [2.24, 2.45) is 0 Å². The van der Waals surface area contributed by atoms with Gasteiger partial charge in [0, 0.05) is 27.2 Å². The van der Waals surface area contributed by atoms with Crippen LogP contribution in [0.4, 0.5) is 0 Å². The summed E-state index contributed by atoms with van der Waals surface area (Å²) < 4.78 is 10.4. The number of halogens is 2. The van der Waals surface area contributed by atoms with E-state index in [1.807, 2.05) is 0 Å². The zero-order chi connectivity index (χ0) is 14.0. The number of carbonyl (C=O) groups is 1. The molecule has 6 heteroatoms. The second-order valence-corrected chi connectivity index (χ2v) is 4.75. The van der Waals surface area contributed by atoms with Crippen LogP contribution in [0.3, 0.4) is 0 Å². The number of ether oxygens (including phenoxy) is 1. The van der Waals surface area contributed by atoms with Gasteiger partial charge in [-0.25, -0.2) is 4.79 Å². The van der Waals surface area contributed by atoms with E-state index in [2.05, 4.69) is 0 Å². The Bertz CT molecular complexity index is 619. The van der Waals surface area contributed by atoms with Crippen molar-refractivity contribution in [3.05, 3.63) is 51.2 Å². The lowest BCUT2D eigenvalue weighted by atomic mass is 10.2. The quantitative estimate of drug-likeness (QED) is 0.920. The largest absolute Gasteiger partial charge is 0.475 e. The van der Waals surface area contributed by atoms with Crippen LogP contribution in [0.1, 0.15) is 21.7 Å². The second-order valence-electron chi connectivity index (χ2n) is 3.91. The third kappa shape index (κ3) is 3.22. The van der Waals surface area contributed by atoms with Gasteiger partial charge in [0.25, 0.3) is 5.95 Å². The maximum Gasteiger partial charge on any atom is 0.372 e. The summed E-state index contributed by atoms with van der Waals surface area (Å²) in [6.45, 7) is 1.80. The van der Waals surface area contributed by atoms with Crippen molar-refractivity contribution < 1.29 is 19.1 Å². The van der Waals surface area contributed by atoms with E-state index in [9.17, 15) is 4.79 Å². The van der Waals surface area contributed by atoms with Gasteiger partial charge in [-0.1, -0.05) is 29.3 Å². The van der Waals surface area contributed by atoms with E-state index in [1.54, 1.807) is 25.1 Å². The summed E-state index contributed by atoms with van der Waals surface area (Å²) in [7, 11) is 0. The summed E-state index contributed by atoms with van der Waals surface area (Å²) in [6, 6.07) is 6.56. The zero-order valence-corrected chi connectivity index (χ0v) is 11.5. The monoisotopic (exact) mass is 300 g/mol. The predicted octanol–water partition coefficient (Wildman–Crippen LogP) is 4.17. The molecule has 0 aliphatic carbocycles. The van der Waals surface area contributed by atoms with Gasteiger partial charge in [-0.15, -0.1) is 0 Å². The number of hydrogen-bond donors (Lipinski definition) is 1. The molecule has 0 saturated heterocycles. The van der Waals surface area contributed by atoms with Gasteiger partial charge < -0.3 is 14.3 Å². The molecule has 1 aromatic heterocycles. The lowest BCUT2D eigenvalue weighted by Crippen LogP contribution is -1.96. The summed E-state index contributed by atoms with van der Waals surface area (Å²) in [5, 5.41) is 9.87. The van der Waals surface area contributed by atoms with Gasteiger partial charge >= 0.3 is 5.97 Å². The molecule has 0 atom stereocenters. The third-order valence-electron chi connectivity index (χ3n) is 2.47. The number of furan rings is 1. The van der Waals surface area contributed by atoms with Crippen LogP contribution in [0.5, 0.6) is 5.95 Å². The summed E-state index contributed by atoms with van der Waals surface area (Å²) in [4.78, 5) is 10.8. The lowest BCUT2D eigenvalue weighted by molar-refractivity contribution is 0.0651. The first-order valence-electron chi connectivity index (χ1n) is 5.38. The first-order valence-corrected chi connectivity index (χ1v) is 6.13. The molecule has 0 fully saturated rings. The van der Waals surface area contributed by atoms with Crippen LogP contribution in [-0.4, -0.2) is 11.1 Å². The molecule has 2 rings (SSSR count). The van der Waals surface area contributed by atoms with Crippen LogP contribution in [0.15, 0.2) is 28.7 Å². The Hall–Kier alpha value is -1.65. The molecule has 0 aliphatic rings. The van der Waals surface area contributed by atoms with Crippen molar-refractivity contribution in [2.45, 2.75) is 13.5 Å². The average molecular weight is 301 g/mol. The van der Waals surface area contributed by atoms with Gasteiger partial charge in [0.05, 0.1) is 0 Å². The maximum atomic E-state index is 10.8. The number of rotatable bonds is 4. The van der Waals surface area contributed by atoms with E-state index in [0.717, 1.165) is 5.56 Å². The van der Waals surface area contributed by atoms with E-state index >= 15 is 0 Å². The number of benzene rings is 1. The molecular weight excluding hydrogens is 291 g/mol. The molecule has 1 N–H and O–H groups in total. The molecule has 19 heavy (non-hydrogen) atoms. The predicted molar refractivity (Wildman–Crippen MR) is 71.2 cm³/mol. The van der Waals surface area contributed by atoms with Gasteiger partial charge in [0.2, 0.25) is 5.76 Å². The third-order valence-corrected chi connectivity index (χ3v) is 3.06. The molecule has 0 radical (unpaired) electrons. The van der Waals surface area contributed by atoms with E-state index in [4.69, 9.17) is 37.5 Å². The topological polar surface area (TPSA) is 59.7 Å². The molecule has 100 valence electrons. The van der Waals surface area contributed by atoms with E-state index in [1.165, 1.54) is 6.07 Å². The first kappa shape index (κ1) is 13.8. The van der Waals surface area contributed by atoms with E-state index < -0.39 is 5.97 Å². The molecule has 2 aromatic rings. The number of aromatic carboxylic acids is 1. The van der Waals surface area contributed by atoms with Crippen molar-refractivity contribution in [1.29, 1.82) is 0 Å². The SMILES string of the molecule is Cc1cc(OCc2ccc(Cl)cc2Cl)oc1C(=O)O. The van der Waals surface area contributed by atoms with Crippen molar-refractivity contribution in [2.75, 3.05) is 0 Å². The molecule has 0 aliphatic heterocycles. The van der Waals surface area contributed by atoms with Crippen LogP contribution in [0.2, 0.25) is 10.0 Å². The highest BCUT2D eigenvalue weighted by Gasteiger charge is 2.15. The number of hydrogen-bond acceptors (Lipinski definition) is 3. The van der Waals surface area contributed by atoms with Crippen molar-refractivity contribution in [3.8, 4) is 5.95 Å². The van der Waals surface area contributed by atoms with Gasteiger partial charge in [-0.3, -0.25) is 0 Å². The Morgan fingerprint density at radius 1 is 1.37 bits per heavy atom. The fraction of sp³-hybridized carbons (Fsp3) is 0.154. The number of carboxylic acid groups (broad SMARTS) is 1. The fourth-order valence-corrected chi connectivity index (χ4v) is 1.99. The summed E-state index contributed by atoms with van der Waals surface area (Å²) in [5.41, 5.74) is 1.24.